The van der Waals surface area contributed by atoms with Crippen LogP contribution in [0.15, 0.2) is 54.9 Å². The molecule has 0 radical (unpaired) electrons. The summed E-state index contributed by atoms with van der Waals surface area (Å²) in [4.78, 5) is 14.3. The third-order valence-corrected chi connectivity index (χ3v) is 3.67. The van der Waals surface area contributed by atoms with Gasteiger partial charge in [0.2, 0.25) is 0 Å². The third-order valence-electron chi connectivity index (χ3n) is 3.67. The fourth-order valence-corrected chi connectivity index (χ4v) is 2.39. The van der Waals surface area contributed by atoms with E-state index in [1.165, 1.54) is 18.2 Å². The SMILES string of the molecule is Cc1nccn1-c1ccc(CNc2ccc([N+](=O)[O-])cc2)cc1F. The van der Waals surface area contributed by atoms with E-state index in [4.69, 9.17) is 0 Å². The van der Waals surface area contributed by atoms with Crippen molar-refractivity contribution in [1.82, 2.24) is 9.55 Å². The molecule has 24 heavy (non-hydrogen) atoms. The average Bonchev–Trinajstić information content (AvgIpc) is 2.99. The van der Waals surface area contributed by atoms with Crippen molar-refractivity contribution in [1.29, 1.82) is 0 Å². The summed E-state index contributed by atoms with van der Waals surface area (Å²) in [6.07, 6.45) is 3.33. The molecule has 0 saturated heterocycles. The van der Waals surface area contributed by atoms with Gasteiger partial charge < -0.3 is 9.88 Å². The first-order valence-electron chi connectivity index (χ1n) is 7.31. The minimum Gasteiger partial charge on any atom is -0.381 e. The number of aromatic nitrogens is 2. The Labute approximate surface area is 137 Å². The average molecular weight is 326 g/mol. The second kappa shape index (κ2) is 6.49. The number of imidazole rings is 1. The summed E-state index contributed by atoms with van der Waals surface area (Å²) in [5, 5.41) is 13.7. The summed E-state index contributed by atoms with van der Waals surface area (Å²) in [7, 11) is 0. The second-order valence-electron chi connectivity index (χ2n) is 5.29. The number of nitrogens with one attached hydrogen (secondary N) is 1. The number of nitrogens with zero attached hydrogens (tertiary/aromatic N) is 3. The predicted molar refractivity (Wildman–Crippen MR) is 88.7 cm³/mol. The van der Waals surface area contributed by atoms with Gasteiger partial charge in [-0.1, -0.05) is 6.07 Å². The maximum atomic E-state index is 14.3. The largest absolute Gasteiger partial charge is 0.381 e. The van der Waals surface area contributed by atoms with Crippen LogP contribution in [0.1, 0.15) is 11.4 Å². The van der Waals surface area contributed by atoms with Crippen molar-refractivity contribution in [2.45, 2.75) is 13.5 Å². The molecule has 0 spiro atoms. The minimum absolute atomic E-state index is 0.0339. The van der Waals surface area contributed by atoms with Gasteiger partial charge in [0.1, 0.15) is 11.6 Å². The lowest BCUT2D eigenvalue weighted by Gasteiger charge is -2.10. The molecule has 0 unspecified atom stereocenters. The van der Waals surface area contributed by atoms with Gasteiger partial charge in [-0.25, -0.2) is 9.37 Å². The molecule has 1 aromatic heterocycles. The van der Waals surface area contributed by atoms with Gasteiger partial charge in [0.25, 0.3) is 5.69 Å². The Morgan fingerprint density at radius 3 is 2.58 bits per heavy atom. The minimum atomic E-state index is -0.448. The van der Waals surface area contributed by atoms with Crippen LogP contribution in [0.5, 0.6) is 0 Å². The quantitative estimate of drug-likeness (QED) is 0.571. The molecule has 0 atom stereocenters. The van der Waals surface area contributed by atoms with Crippen molar-refractivity contribution >= 4 is 11.4 Å². The molecule has 122 valence electrons. The fourth-order valence-electron chi connectivity index (χ4n) is 2.39. The monoisotopic (exact) mass is 326 g/mol. The standard InChI is InChI=1S/C17H15FN4O2/c1-12-19-8-9-21(12)17-7-2-13(10-16(17)18)11-20-14-3-5-15(6-4-14)22(23)24/h2-10,20H,11H2,1H3. The molecule has 6 nitrogen and oxygen atoms in total. The number of nitro benzene ring substituents is 1. The Balaban J connectivity index is 1.71. The van der Waals surface area contributed by atoms with E-state index in [9.17, 15) is 14.5 Å². The predicted octanol–water partition coefficient (Wildman–Crippen LogP) is 3.84. The number of non-ortho nitro benzene ring substituents is 1. The molecular formula is C17H15FN4O2. The number of hydrogen-bond acceptors (Lipinski definition) is 4. The summed E-state index contributed by atoms with van der Waals surface area (Å²) >= 11 is 0. The summed E-state index contributed by atoms with van der Waals surface area (Å²) in [5.41, 5.74) is 1.98. The number of hydrogen-bond donors (Lipinski definition) is 1. The van der Waals surface area contributed by atoms with Crippen LogP contribution >= 0.6 is 0 Å². The third kappa shape index (κ3) is 3.24. The number of benzene rings is 2. The molecule has 0 aliphatic heterocycles. The summed E-state index contributed by atoms with van der Waals surface area (Å²) < 4.78 is 16.0. The van der Waals surface area contributed by atoms with Gasteiger partial charge in [-0.05, 0) is 36.8 Å². The van der Waals surface area contributed by atoms with Crippen molar-refractivity contribution in [3.63, 3.8) is 0 Å². The van der Waals surface area contributed by atoms with Gasteiger partial charge in [-0.2, -0.15) is 0 Å². The van der Waals surface area contributed by atoms with Crippen LogP contribution in [0.4, 0.5) is 15.8 Å². The highest BCUT2D eigenvalue weighted by Crippen LogP contribution is 2.19. The Morgan fingerprint density at radius 2 is 2.00 bits per heavy atom. The first kappa shape index (κ1) is 15.7. The van der Waals surface area contributed by atoms with Gasteiger partial charge in [0, 0.05) is 36.8 Å². The molecule has 7 heteroatoms. The number of nitro groups is 1. The van der Waals surface area contributed by atoms with E-state index in [0.29, 0.717) is 18.1 Å². The molecule has 1 N–H and O–H groups in total. The molecule has 0 fully saturated rings. The Hall–Kier alpha value is -3.22. The first-order valence-corrected chi connectivity index (χ1v) is 7.31. The molecule has 0 saturated carbocycles. The van der Waals surface area contributed by atoms with Gasteiger partial charge in [-0.15, -0.1) is 0 Å². The van der Waals surface area contributed by atoms with E-state index >= 15 is 0 Å². The van der Waals surface area contributed by atoms with Crippen LogP contribution in [-0.4, -0.2) is 14.5 Å². The zero-order chi connectivity index (χ0) is 17.1. The Bertz CT molecular complexity index is 875. The van der Waals surface area contributed by atoms with Gasteiger partial charge in [-0.3, -0.25) is 10.1 Å². The van der Waals surface area contributed by atoms with Crippen LogP contribution in [0.25, 0.3) is 5.69 Å². The maximum Gasteiger partial charge on any atom is 0.269 e. The fraction of sp³-hybridized carbons (Fsp3) is 0.118. The maximum absolute atomic E-state index is 14.3. The van der Waals surface area contributed by atoms with Crippen molar-refractivity contribution in [2.75, 3.05) is 5.32 Å². The van der Waals surface area contributed by atoms with E-state index < -0.39 is 4.92 Å². The van der Waals surface area contributed by atoms with Crippen molar-refractivity contribution in [3.8, 4) is 5.69 Å². The molecular weight excluding hydrogens is 311 g/mol. The van der Waals surface area contributed by atoms with E-state index in [0.717, 1.165) is 11.3 Å². The van der Waals surface area contributed by atoms with Crippen LogP contribution < -0.4 is 5.32 Å². The highest BCUT2D eigenvalue weighted by atomic mass is 19.1. The molecule has 1 heterocycles. The van der Waals surface area contributed by atoms with E-state index in [-0.39, 0.29) is 11.5 Å². The van der Waals surface area contributed by atoms with E-state index in [2.05, 4.69) is 10.3 Å². The summed E-state index contributed by atoms with van der Waals surface area (Å²) in [6.45, 7) is 2.22. The normalized spacial score (nSPS) is 10.6. The topological polar surface area (TPSA) is 73.0 Å². The van der Waals surface area contributed by atoms with Gasteiger partial charge in [0.15, 0.2) is 0 Å². The van der Waals surface area contributed by atoms with Crippen molar-refractivity contribution in [2.24, 2.45) is 0 Å². The van der Waals surface area contributed by atoms with Gasteiger partial charge in [0.05, 0.1) is 10.6 Å². The second-order valence-corrected chi connectivity index (χ2v) is 5.29. The van der Waals surface area contributed by atoms with Crippen molar-refractivity contribution in [3.05, 3.63) is 82.2 Å². The highest BCUT2D eigenvalue weighted by Gasteiger charge is 2.08. The summed E-state index contributed by atoms with van der Waals surface area (Å²) in [5.74, 6) is 0.379. The lowest BCUT2D eigenvalue weighted by molar-refractivity contribution is -0.384. The number of anilines is 1. The zero-order valence-electron chi connectivity index (χ0n) is 12.9. The molecule has 0 aliphatic carbocycles. The summed E-state index contributed by atoms with van der Waals surface area (Å²) in [6, 6.07) is 11.1. The zero-order valence-corrected chi connectivity index (χ0v) is 12.9. The Morgan fingerprint density at radius 1 is 1.25 bits per heavy atom. The molecule has 0 bridgehead atoms. The molecule has 2 aromatic carbocycles. The van der Waals surface area contributed by atoms with Crippen LogP contribution in [-0.2, 0) is 6.54 Å². The highest BCUT2D eigenvalue weighted by molar-refractivity contribution is 5.49. The molecule has 0 amide bonds. The van der Waals surface area contributed by atoms with E-state index in [1.54, 1.807) is 35.2 Å². The lowest BCUT2D eigenvalue weighted by Crippen LogP contribution is -2.03. The van der Waals surface area contributed by atoms with Crippen LogP contribution in [0, 0.1) is 22.9 Å². The van der Waals surface area contributed by atoms with Crippen molar-refractivity contribution < 1.29 is 9.31 Å². The number of halogens is 1. The van der Waals surface area contributed by atoms with Crippen LogP contribution in [0.3, 0.4) is 0 Å². The Kier molecular flexibility index (Phi) is 4.24. The first-order chi connectivity index (χ1) is 11.5. The number of rotatable bonds is 5. The lowest BCUT2D eigenvalue weighted by atomic mass is 10.2. The molecule has 0 aliphatic rings. The van der Waals surface area contributed by atoms with E-state index in [1.807, 2.05) is 13.0 Å². The van der Waals surface area contributed by atoms with Gasteiger partial charge >= 0.3 is 0 Å². The smallest absolute Gasteiger partial charge is 0.269 e. The van der Waals surface area contributed by atoms with Crippen LogP contribution in [0.2, 0.25) is 0 Å². The molecule has 3 rings (SSSR count). The molecule has 3 aromatic rings. The number of aryl methyl sites for hydroxylation is 1.